The Labute approximate surface area is 123 Å². The van der Waals surface area contributed by atoms with Crippen molar-refractivity contribution in [3.63, 3.8) is 0 Å². The normalized spacial score (nSPS) is 21.4. The number of nitrogens with one attached hydrogen (secondary N) is 1. The quantitative estimate of drug-likeness (QED) is 0.839. The molecule has 4 amide bonds. The molecule has 1 aliphatic heterocycles. The highest BCUT2D eigenvalue weighted by molar-refractivity contribution is 6.09. The van der Waals surface area contributed by atoms with Crippen LogP contribution in [-0.2, 0) is 15.1 Å². The van der Waals surface area contributed by atoms with E-state index in [2.05, 4.69) is 5.32 Å². The molecule has 0 spiro atoms. The zero-order valence-corrected chi connectivity index (χ0v) is 12.6. The number of aryl methyl sites for hydroxylation is 1. The van der Waals surface area contributed by atoms with E-state index in [0.717, 1.165) is 10.5 Å². The van der Waals surface area contributed by atoms with Crippen molar-refractivity contribution < 1.29 is 14.4 Å². The van der Waals surface area contributed by atoms with E-state index in [-0.39, 0.29) is 12.5 Å². The highest BCUT2D eigenvalue weighted by Crippen LogP contribution is 2.28. The SMILES string of the molecule is Cc1ccc(C2(C)NC(=O)N(CC(=O)N(C)C)C2=O)cc1. The first kappa shape index (κ1) is 15.0. The Balaban J connectivity index is 2.28. The summed E-state index contributed by atoms with van der Waals surface area (Å²) in [6, 6.07) is 6.84. The number of urea groups is 1. The summed E-state index contributed by atoms with van der Waals surface area (Å²) in [5.41, 5.74) is 0.641. The molecule has 112 valence electrons. The summed E-state index contributed by atoms with van der Waals surface area (Å²) in [5.74, 6) is -0.710. The molecule has 1 heterocycles. The van der Waals surface area contributed by atoms with Crippen LogP contribution in [-0.4, -0.2) is 48.3 Å². The van der Waals surface area contributed by atoms with Crippen LogP contribution in [0.5, 0.6) is 0 Å². The molecule has 1 atom stereocenters. The first-order valence-electron chi connectivity index (χ1n) is 6.67. The molecule has 0 bridgehead atoms. The lowest BCUT2D eigenvalue weighted by atomic mass is 9.91. The van der Waals surface area contributed by atoms with Gasteiger partial charge in [0.2, 0.25) is 5.91 Å². The molecule has 6 nitrogen and oxygen atoms in total. The lowest BCUT2D eigenvalue weighted by molar-refractivity contribution is -0.137. The van der Waals surface area contributed by atoms with Crippen LogP contribution in [0.15, 0.2) is 24.3 Å². The predicted molar refractivity (Wildman–Crippen MR) is 77.5 cm³/mol. The first-order chi connectivity index (χ1) is 9.75. The van der Waals surface area contributed by atoms with Crippen LogP contribution in [0.4, 0.5) is 4.79 Å². The molecule has 2 rings (SSSR count). The Bertz CT molecular complexity index is 595. The van der Waals surface area contributed by atoms with Crippen LogP contribution >= 0.6 is 0 Å². The van der Waals surface area contributed by atoms with Gasteiger partial charge in [-0.2, -0.15) is 0 Å². The van der Waals surface area contributed by atoms with E-state index in [1.165, 1.54) is 4.90 Å². The van der Waals surface area contributed by atoms with Crippen LogP contribution in [0.1, 0.15) is 18.1 Å². The van der Waals surface area contributed by atoms with Gasteiger partial charge in [0.15, 0.2) is 0 Å². The lowest BCUT2D eigenvalue weighted by Gasteiger charge is -2.22. The first-order valence-corrected chi connectivity index (χ1v) is 6.67. The highest BCUT2D eigenvalue weighted by Gasteiger charge is 2.49. The van der Waals surface area contributed by atoms with E-state index in [1.54, 1.807) is 21.0 Å². The zero-order valence-electron chi connectivity index (χ0n) is 12.6. The van der Waals surface area contributed by atoms with Gasteiger partial charge in [0, 0.05) is 14.1 Å². The van der Waals surface area contributed by atoms with E-state index in [9.17, 15) is 14.4 Å². The minimum Gasteiger partial charge on any atom is -0.347 e. The third-order valence-corrected chi connectivity index (χ3v) is 3.70. The van der Waals surface area contributed by atoms with Gasteiger partial charge in [-0.05, 0) is 19.4 Å². The molecule has 1 saturated heterocycles. The molecule has 1 fully saturated rings. The van der Waals surface area contributed by atoms with Crippen LogP contribution in [0.25, 0.3) is 0 Å². The van der Waals surface area contributed by atoms with E-state index in [4.69, 9.17) is 0 Å². The Morgan fingerprint density at radius 2 is 1.81 bits per heavy atom. The maximum atomic E-state index is 12.6. The molecule has 0 radical (unpaired) electrons. The maximum absolute atomic E-state index is 12.6. The second-order valence-corrected chi connectivity index (χ2v) is 5.60. The van der Waals surface area contributed by atoms with Crippen LogP contribution in [0.2, 0.25) is 0 Å². The number of amides is 4. The largest absolute Gasteiger partial charge is 0.347 e. The van der Waals surface area contributed by atoms with Gasteiger partial charge < -0.3 is 10.2 Å². The molecular weight excluding hydrogens is 270 g/mol. The molecule has 1 aromatic rings. The molecule has 1 N–H and O–H groups in total. The van der Waals surface area contributed by atoms with E-state index in [0.29, 0.717) is 5.56 Å². The Kier molecular flexibility index (Phi) is 3.72. The number of rotatable bonds is 3. The number of nitrogens with zero attached hydrogens (tertiary/aromatic N) is 2. The second kappa shape index (κ2) is 5.20. The van der Waals surface area contributed by atoms with Crippen molar-refractivity contribution in [2.24, 2.45) is 0 Å². The molecule has 0 aliphatic carbocycles. The standard InChI is InChI=1S/C15H19N3O3/c1-10-5-7-11(8-6-10)15(2)13(20)18(14(21)16-15)9-12(19)17(3)4/h5-8H,9H2,1-4H3,(H,16,21). The monoisotopic (exact) mass is 289 g/mol. The Morgan fingerprint density at radius 1 is 1.24 bits per heavy atom. The summed E-state index contributed by atoms with van der Waals surface area (Å²) in [6.45, 7) is 3.35. The average Bonchev–Trinajstić information content (AvgIpc) is 2.63. The lowest BCUT2D eigenvalue weighted by Crippen LogP contribution is -2.43. The zero-order chi connectivity index (χ0) is 15.8. The van der Waals surface area contributed by atoms with Crippen molar-refractivity contribution in [3.8, 4) is 0 Å². The van der Waals surface area contributed by atoms with E-state index in [1.807, 2.05) is 31.2 Å². The maximum Gasteiger partial charge on any atom is 0.325 e. The molecular formula is C15H19N3O3. The van der Waals surface area contributed by atoms with Gasteiger partial charge in [-0.25, -0.2) is 4.79 Å². The molecule has 0 saturated carbocycles. The van der Waals surface area contributed by atoms with Gasteiger partial charge in [-0.1, -0.05) is 29.8 Å². The third kappa shape index (κ3) is 2.61. The van der Waals surface area contributed by atoms with Crippen LogP contribution < -0.4 is 5.32 Å². The summed E-state index contributed by atoms with van der Waals surface area (Å²) in [7, 11) is 3.17. The van der Waals surface area contributed by atoms with Crippen LogP contribution in [0.3, 0.4) is 0 Å². The van der Waals surface area contributed by atoms with Crippen molar-refractivity contribution in [2.45, 2.75) is 19.4 Å². The van der Waals surface area contributed by atoms with Crippen molar-refractivity contribution in [2.75, 3.05) is 20.6 Å². The number of imide groups is 1. The molecule has 6 heteroatoms. The van der Waals surface area contributed by atoms with Gasteiger partial charge in [-0.15, -0.1) is 0 Å². The van der Waals surface area contributed by atoms with Gasteiger partial charge >= 0.3 is 6.03 Å². The predicted octanol–water partition coefficient (Wildman–Crippen LogP) is 0.850. The topological polar surface area (TPSA) is 69.7 Å². The summed E-state index contributed by atoms with van der Waals surface area (Å²) >= 11 is 0. The van der Waals surface area contributed by atoms with Crippen molar-refractivity contribution >= 4 is 17.8 Å². The summed E-state index contributed by atoms with van der Waals surface area (Å²) in [6.07, 6.45) is 0. The van der Waals surface area contributed by atoms with Crippen molar-refractivity contribution in [3.05, 3.63) is 35.4 Å². The fourth-order valence-electron chi connectivity index (χ4n) is 2.20. The number of benzene rings is 1. The number of hydrogen-bond acceptors (Lipinski definition) is 3. The second-order valence-electron chi connectivity index (χ2n) is 5.60. The Hall–Kier alpha value is -2.37. The summed E-state index contributed by atoms with van der Waals surface area (Å²) < 4.78 is 0. The fraction of sp³-hybridized carbons (Fsp3) is 0.400. The van der Waals surface area contributed by atoms with Crippen molar-refractivity contribution in [1.82, 2.24) is 15.1 Å². The third-order valence-electron chi connectivity index (χ3n) is 3.70. The van der Waals surface area contributed by atoms with Gasteiger partial charge in [0.05, 0.1) is 0 Å². The van der Waals surface area contributed by atoms with Crippen LogP contribution in [0, 0.1) is 6.92 Å². The molecule has 1 unspecified atom stereocenters. The minimum atomic E-state index is -1.13. The Morgan fingerprint density at radius 3 is 2.33 bits per heavy atom. The highest BCUT2D eigenvalue weighted by atomic mass is 16.2. The van der Waals surface area contributed by atoms with E-state index >= 15 is 0 Å². The van der Waals surface area contributed by atoms with Gasteiger partial charge in [0.1, 0.15) is 12.1 Å². The number of likely N-dealkylation sites (N-methyl/N-ethyl adjacent to an activating group) is 1. The smallest absolute Gasteiger partial charge is 0.325 e. The molecule has 1 aromatic carbocycles. The fourth-order valence-corrected chi connectivity index (χ4v) is 2.20. The summed E-state index contributed by atoms with van der Waals surface area (Å²) in [5, 5.41) is 2.68. The molecule has 21 heavy (non-hydrogen) atoms. The van der Waals surface area contributed by atoms with Gasteiger partial charge in [0.25, 0.3) is 5.91 Å². The summed E-state index contributed by atoms with van der Waals surface area (Å²) in [4.78, 5) is 38.6. The number of hydrogen-bond donors (Lipinski definition) is 1. The van der Waals surface area contributed by atoms with E-state index < -0.39 is 17.5 Å². The average molecular weight is 289 g/mol. The van der Waals surface area contributed by atoms with Crippen molar-refractivity contribution in [1.29, 1.82) is 0 Å². The molecule has 0 aromatic heterocycles. The minimum absolute atomic E-state index is 0.251. The number of carbonyl (C=O) groups is 3. The number of carbonyl (C=O) groups excluding carboxylic acids is 3. The van der Waals surface area contributed by atoms with Gasteiger partial charge in [-0.3, -0.25) is 14.5 Å². The molecule has 1 aliphatic rings.